The molecule has 0 amide bonds. The first kappa shape index (κ1) is 14.0. The highest BCUT2D eigenvalue weighted by molar-refractivity contribution is 14.1. The van der Waals surface area contributed by atoms with Gasteiger partial charge in [0, 0.05) is 12.1 Å². The molecule has 5 heteroatoms. The molecule has 1 aliphatic rings. The molecule has 106 valence electrons. The van der Waals surface area contributed by atoms with Crippen molar-refractivity contribution in [2.75, 3.05) is 0 Å². The van der Waals surface area contributed by atoms with Crippen LogP contribution in [0.2, 0.25) is 0 Å². The van der Waals surface area contributed by atoms with Crippen molar-refractivity contribution >= 4 is 33.6 Å². The van der Waals surface area contributed by atoms with Crippen molar-refractivity contribution in [1.29, 1.82) is 0 Å². The minimum Gasteiger partial charge on any atom is -0.461 e. The van der Waals surface area contributed by atoms with E-state index in [9.17, 15) is 4.79 Å². The lowest BCUT2D eigenvalue weighted by Gasteiger charge is -2.39. The maximum Gasteiger partial charge on any atom is 0.206 e. The third kappa shape index (κ3) is 2.48. The second kappa shape index (κ2) is 5.11. The van der Waals surface area contributed by atoms with Crippen LogP contribution in [0.1, 0.15) is 37.6 Å². The third-order valence-electron chi connectivity index (χ3n) is 4.09. The molecular weight excluding hydrogens is 367 g/mol. The van der Waals surface area contributed by atoms with Crippen LogP contribution in [0.25, 0.3) is 11.0 Å². The quantitative estimate of drug-likeness (QED) is 0.827. The second-order valence-electron chi connectivity index (χ2n) is 5.76. The topological polar surface area (TPSA) is 55.1 Å². The third-order valence-corrected chi connectivity index (χ3v) is 4.83. The van der Waals surface area contributed by atoms with Crippen LogP contribution in [-0.4, -0.2) is 10.5 Å². The standard InChI is InChI=1S/C15H17IN2O2/c1-9-14-11(13(19)12(16)8-20-14)6-10(18-9)7-17-15(2)4-3-5-15/h6,8,17H,3-5,7H2,1-2H3. The van der Waals surface area contributed by atoms with E-state index >= 15 is 0 Å². The first-order valence-electron chi connectivity index (χ1n) is 6.81. The predicted molar refractivity (Wildman–Crippen MR) is 86.8 cm³/mol. The normalized spacial score (nSPS) is 17.1. The Morgan fingerprint density at radius 2 is 2.25 bits per heavy atom. The zero-order chi connectivity index (χ0) is 14.3. The smallest absolute Gasteiger partial charge is 0.206 e. The maximum absolute atomic E-state index is 12.2. The van der Waals surface area contributed by atoms with Gasteiger partial charge in [-0.15, -0.1) is 0 Å². The highest BCUT2D eigenvalue weighted by atomic mass is 127. The monoisotopic (exact) mass is 384 g/mol. The van der Waals surface area contributed by atoms with Crippen molar-refractivity contribution in [3.63, 3.8) is 0 Å². The SMILES string of the molecule is Cc1nc(CNC2(C)CCC2)cc2c(=O)c(I)coc12. The van der Waals surface area contributed by atoms with Gasteiger partial charge in [-0.25, -0.2) is 0 Å². The zero-order valence-corrected chi connectivity index (χ0v) is 13.8. The molecule has 2 heterocycles. The number of fused-ring (bicyclic) bond motifs is 1. The summed E-state index contributed by atoms with van der Waals surface area (Å²) in [5.74, 6) is 0. The number of hydrogen-bond acceptors (Lipinski definition) is 4. The number of aromatic nitrogens is 1. The number of pyridine rings is 1. The Morgan fingerprint density at radius 3 is 2.90 bits per heavy atom. The number of nitrogens with zero attached hydrogens (tertiary/aromatic N) is 1. The van der Waals surface area contributed by atoms with Gasteiger partial charge in [0.1, 0.15) is 6.26 Å². The van der Waals surface area contributed by atoms with Gasteiger partial charge in [0.15, 0.2) is 5.58 Å². The molecule has 0 aromatic carbocycles. The van der Waals surface area contributed by atoms with Crippen molar-refractivity contribution < 1.29 is 4.42 Å². The predicted octanol–water partition coefficient (Wildman–Crippen LogP) is 3.13. The van der Waals surface area contributed by atoms with E-state index in [0.29, 0.717) is 21.1 Å². The molecular formula is C15H17IN2O2. The lowest BCUT2D eigenvalue weighted by atomic mass is 9.78. The largest absolute Gasteiger partial charge is 0.461 e. The zero-order valence-electron chi connectivity index (χ0n) is 11.6. The molecule has 4 nitrogen and oxygen atoms in total. The average Bonchev–Trinajstić information content (AvgIpc) is 2.39. The number of nitrogens with one attached hydrogen (secondary N) is 1. The second-order valence-corrected chi connectivity index (χ2v) is 6.92. The van der Waals surface area contributed by atoms with Gasteiger partial charge in [-0.05, 0) is 61.8 Å². The fraction of sp³-hybridized carbons (Fsp3) is 0.467. The Bertz CT molecular complexity index is 720. The van der Waals surface area contributed by atoms with E-state index in [1.54, 1.807) is 0 Å². The first-order valence-corrected chi connectivity index (χ1v) is 7.89. The fourth-order valence-corrected chi connectivity index (χ4v) is 3.03. The van der Waals surface area contributed by atoms with Gasteiger partial charge in [0.2, 0.25) is 5.43 Å². The summed E-state index contributed by atoms with van der Waals surface area (Å²) in [4.78, 5) is 16.7. The molecule has 0 saturated heterocycles. The van der Waals surface area contributed by atoms with Gasteiger partial charge < -0.3 is 9.73 Å². The molecule has 1 fully saturated rings. The molecule has 20 heavy (non-hydrogen) atoms. The molecule has 0 aliphatic heterocycles. The molecule has 0 bridgehead atoms. The molecule has 1 saturated carbocycles. The van der Waals surface area contributed by atoms with Crippen molar-refractivity contribution in [2.45, 2.75) is 45.2 Å². The van der Waals surface area contributed by atoms with E-state index < -0.39 is 0 Å². The van der Waals surface area contributed by atoms with Crippen LogP contribution < -0.4 is 10.7 Å². The summed E-state index contributed by atoms with van der Waals surface area (Å²) in [5, 5.41) is 4.17. The number of halogens is 1. The summed E-state index contributed by atoms with van der Waals surface area (Å²) in [6.07, 6.45) is 5.20. The van der Waals surface area contributed by atoms with Gasteiger partial charge in [0.25, 0.3) is 0 Å². The van der Waals surface area contributed by atoms with Crippen LogP contribution in [0.5, 0.6) is 0 Å². The Balaban J connectivity index is 1.96. The summed E-state index contributed by atoms with van der Waals surface area (Å²) in [5.41, 5.74) is 2.52. The van der Waals surface area contributed by atoms with E-state index in [2.05, 4.69) is 17.2 Å². The van der Waals surface area contributed by atoms with Crippen molar-refractivity contribution in [1.82, 2.24) is 10.3 Å². The van der Waals surface area contributed by atoms with Crippen molar-refractivity contribution in [3.8, 4) is 0 Å². The van der Waals surface area contributed by atoms with Crippen LogP contribution in [-0.2, 0) is 6.54 Å². The van der Waals surface area contributed by atoms with Crippen LogP contribution in [0.4, 0.5) is 0 Å². The number of hydrogen-bond donors (Lipinski definition) is 1. The lowest BCUT2D eigenvalue weighted by Crippen LogP contribution is -2.47. The molecule has 1 aliphatic carbocycles. The van der Waals surface area contributed by atoms with E-state index in [1.165, 1.54) is 25.5 Å². The molecule has 3 rings (SSSR count). The summed E-state index contributed by atoms with van der Waals surface area (Å²) in [7, 11) is 0. The summed E-state index contributed by atoms with van der Waals surface area (Å²) in [6.45, 7) is 4.81. The molecule has 2 aromatic heterocycles. The van der Waals surface area contributed by atoms with Crippen molar-refractivity contribution in [3.05, 3.63) is 37.5 Å². The Hall–Kier alpha value is -0.950. The molecule has 0 unspecified atom stereocenters. The lowest BCUT2D eigenvalue weighted by molar-refractivity contribution is 0.206. The summed E-state index contributed by atoms with van der Waals surface area (Å²) >= 11 is 2.00. The molecule has 0 radical (unpaired) electrons. The van der Waals surface area contributed by atoms with E-state index in [1.807, 2.05) is 35.6 Å². The maximum atomic E-state index is 12.2. The molecule has 2 aromatic rings. The van der Waals surface area contributed by atoms with Gasteiger partial charge in [-0.3, -0.25) is 9.78 Å². The van der Waals surface area contributed by atoms with Crippen molar-refractivity contribution in [2.24, 2.45) is 0 Å². The first-order chi connectivity index (χ1) is 9.48. The molecule has 0 atom stereocenters. The van der Waals surface area contributed by atoms with Crippen LogP contribution >= 0.6 is 22.6 Å². The highest BCUT2D eigenvalue weighted by Crippen LogP contribution is 2.31. The Labute approximate surface area is 131 Å². The van der Waals surface area contributed by atoms with Crippen LogP contribution in [0.3, 0.4) is 0 Å². The Morgan fingerprint density at radius 1 is 1.50 bits per heavy atom. The van der Waals surface area contributed by atoms with E-state index in [0.717, 1.165) is 11.4 Å². The van der Waals surface area contributed by atoms with Gasteiger partial charge >= 0.3 is 0 Å². The highest BCUT2D eigenvalue weighted by Gasteiger charge is 2.30. The van der Waals surface area contributed by atoms with Gasteiger partial charge in [0.05, 0.1) is 20.3 Å². The summed E-state index contributed by atoms with van der Waals surface area (Å²) in [6, 6.07) is 1.85. The van der Waals surface area contributed by atoms with Gasteiger partial charge in [-0.1, -0.05) is 0 Å². The summed E-state index contributed by atoms with van der Waals surface area (Å²) < 4.78 is 6.10. The van der Waals surface area contributed by atoms with Crippen LogP contribution in [0, 0.1) is 10.5 Å². The van der Waals surface area contributed by atoms with E-state index in [4.69, 9.17) is 4.42 Å². The van der Waals surface area contributed by atoms with Crippen LogP contribution in [0.15, 0.2) is 21.5 Å². The van der Waals surface area contributed by atoms with Gasteiger partial charge in [-0.2, -0.15) is 0 Å². The number of aryl methyl sites for hydroxylation is 1. The Kier molecular flexibility index (Phi) is 3.58. The van der Waals surface area contributed by atoms with E-state index in [-0.39, 0.29) is 11.0 Å². The fourth-order valence-electron chi connectivity index (χ4n) is 2.61. The minimum atomic E-state index is 0.0217. The average molecular weight is 384 g/mol. The minimum absolute atomic E-state index is 0.0217. The number of rotatable bonds is 3. The molecule has 0 spiro atoms. The molecule has 1 N–H and O–H groups in total.